The highest BCUT2D eigenvalue weighted by atomic mass is 32.1. The van der Waals surface area contributed by atoms with Crippen molar-refractivity contribution >= 4 is 28.3 Å². The molecule has 1 fully saturated rings. The van der Waals surface area contributed by atoms with Crippen LogP contribution >= 0.6 is 11.3 Å². The Bertz CT molecular complexity index is 551. The summed E-state index contributed by atoms with van der Waals surface area (Å²) in [5, 5.41) is 8.58. The first-order valence-corrected chi connectivity index (χ1v) is 9.61. The molecular weight excluding hydrogens is 324 g/mol. The number of nitrogens with one attached hydrogen (secondary N) is 2. The van der Waals surface area contributed by atoms with Gasteiger partial charge in [-0.3, -0.25) is 9.59 Å². The first-order chi connectivity index (χ1) is 11.5. The molecule has 1 aliphatic heterocycles. The van der Waals surface area contributed by atoms with Gasteiger partial charge in [0.1, 0.15) is 0 Å². The van der Waals surface area contributed by atoms with E-state index in [0.717, 1.165) is 44.7 Å². The zero-order chi connectivity index (χ0) is 17.5. The highest BCUT2D eigenvalue weighted by molar-refractivity contribution is 7.13. The van der Waals surface area contributed by atoms with Crippen LogP contribution in [-0.2, 0) is 16.0 Å². The molecule has 0 radical (unpaired) electrons. The second-order valence-electron chi connectivity index (χ2n) is 6.60. The molecule has 0 bridgehead atoms. The minimum Gasteiger partial charge on any atom is -0.342 e. The predicted octanol–water partition coefficient (Wildman–Crippen LogP) is 2.13. The van der Waals surface area contributed by atoms with Gasteiger partial charge >= 0.3 is 0 Å². The standard InChI is InChI=1S/C17H28N4O2S/c1-4-18-10-13-5-7-21(8-6-13)15(22)9-14-11-24-17(19-14)20-16(23)12(2)3/h11-13,18H,4-10H2,1-3H3,(H,19,20,23). The van der Waals surface area contributed by atoms with Crippen LogP contribution in [0.3, 0.4) is 0 Å². The fraction of sp³-hybridized carbons (Fsp3) is 0.706. The van der Waals surface area contributed by atoms with E-state index in [1.54, 1.807) is 0 Å². The molecule has 1 saturated heterocycles. The van der Waals surface area contributed by atoms with Gasteiger partial charge in [-0.05, 0) is 31.8 Å². The number of aromatic nitrogens is 1. The molecule has 1 aromatic heterocycles. The number of thiazole rings is 1. The Kier molecular flexibility index (Phi) is 7.17. The highest BCUT2D eigenvalue weighted by Gasteiger charge is 2.23. The van der Waals surface area contributed by atoms with Crippen LogP contribution < -0.4 is 10.6 Å². The summed E-state index contributed by atoms with van der Waals surface area (Å²) in [7, 11) is 0. The lowest BCUT2D eigenvalue weighted by Gasteiger charge is -2.32. The molecule has 2 amide bonds. The first kappa shape index (κ1) is 18.9. The summed E-state index contributed by atoms with van der Waals surface area (Å²) < 4.78 is 0. The minimum absolute atomic E-state index is 0.0509. The number of likely N-dealkylation sites (tertiary alicyclic amines) is 1. The Morgan fingerprint density at radius 1 is 1.38 bits per heavy atom. The quantitative estimate of drug-likeness (QED) is 0.788. The van der Waals surface area contributed by atoms with E-state index in [4.69, 9.17) is 0 Å². The molecule has 0 unspecified atom stereocenters. The molecule has 0 aliphatic carbocycles. The molecule has 2 rings (SSSR count). The maximum absolute atomic E-state index is 12.4. The van der Waals surface area contributed by atoms with E-state index in [1.807, 2.05) is 24.1 Å². The number of amides is 2. The van der Waals surface area contributed by atoms with E-state index in [9.17, 15) is 9.59 Å². The third-order valence-electron chi connectivity index (χ3n) is 4.29. The Hall–Kier alpha value is -1.47. The van der Waals surface area contributed by atoms with Crippen molar-refractivity contribution in [3.8, 4) is 0 Å². The third kappa shape index (κ3) is 5.56. The van der Waals surface area contributed by atoms with Crippen LogP contribution in [0.5, 0.6) is 0 Å². The lowest BCUT2D eigenvalue weighted by Crippen LogP contribution is -2.41. The Balaban J connectivity index is 1.79. The third-order valence-corrected chi connectivity index (χ3v) is 5.10. The molecule has 1 aromatic rings. The molecule has 2 N–H and O–H groups in total. The number of hydrogen-bond donors (Lipinski definition) is 2. The van der Waals surface area contributed by atoms with Gasteiger partial charge in [0.25, 0.3) is 0 Å². The number of carbonyl (C=O) groups is 2. The van der Waals surface area contributed by atoms with E-state index >= 15 is 0 Å². The van der Waals surface area contributed by atoms with E-state index in [-0.39, 0.29) is 17.7 Å². The molecule has 6 nitrogen and oxygen atoms in total. The van der Waals surface area contributed by atoms with Gasteiger partial charge in [0.05, 0.1) is 12.1 Å². The number of carbonyl (C=O) groups excluding carboxylic acids is 2. The van der Waals surface area contributed by atoms with Crippen LogP contribution in [0.2, 0.25) is 0 Å². The van der Waals surface area contributed by atoms with Gasteiger partial charge in [-0.2, -0.15) is 0 Å². The van der Waals surface area contributed by atoms with E-state index in [0.29, 0.717) is 17.5 Å². The van der Waals surface area contributed by atoms with Gasteiger partial charge in [0.15, 0.2) is 5.13 Å². The average Bonchev–Trinajstić information content (AvgIpc) is 3.00. The summed E-state index contributed by atoms with van der Waals surface area (Å²) in [6, 6.07) is 0. The molecule has 0 saturated carbocycles. The molecule has 7 heteroatoms. The van der Waals surface area contributed by atoms with Crippen molar-refractivity contribution in [2.24, 2.45) is 11.8 Å². The number of rotatable bonds is 7. The Morgan fingerprint density at radius 2 is 2.08 bits per heavy atom. The van der Waals surface area contributed by atoms with Crippen LogP contribution in [0.4, 0.5) is 5.13 Å². The highest BCUT2D eigenvalue weighted by Crippen LogP contribution is 2.20. The number of nitrogens with zero attached hydrogens (tertiary/aromatic N) is 2. The topological polar surface area (TPSA) is 74.3 Å². The summed E-state index contributed by atoms with van der Waals surface area (Å²) in [5.41, 5.74) is 0.735. The van der Waals surface area contributed by atoms with Crippen molar-refractivity contribution in [1.29, 1.82) is 0 Å². The molecule has 134 valence electrons. The van der Waals surface area contributed by atoms with Crippen LogP contribution in [0.25, 0.3) is 0 Å². The molecule has 24 heavy (non-hydrogen) atoms. The first-order valence-electron chi connectivity index (χ1n) is 8.73. The number of anilines is 1. The average molecular weight is 353 g/mol. The van der Waals surface area contributed by atoms with Crippen molar-refractivity contribution in [3.05, 3.63) is 11.1 Å². The van der Waals surface area contributed by atoms with Crippen LogP contribution in [0.1, 0.15) is 39.3 Å². The normalized spacial score (nSPS) is 15.8. The molecule has 1 aliphatic rings. The van der Waals surface area contributed by atoms with Crippen molar-refractivity contribution in [2.75, 3.05) is 31.5 Å². The van der Waals surface area contributed by atoms with Gasteiger partial charge in [-0.25, -0.2) is 4.98 Å². The summed E-state index contributed by atoms with van der Waals surface area (Å²) >= 11 is 1.37. The summed E-state index contributed by atoms with van der Waals surface area (Å²) in [6.07, 6.45) is 2.43. The van der Waals surface area contributed by atoms with Gasteiger partial charge in [-0.15, -0.1) is 11.3 Å². The lowest BCUT2D eigenvalue weighted by molar-refractivity contribution is -0.131. The monoisotopic (exact) mass is 352 g/mol. The molecule has 2 heterocycles. The van der Waals surface area contributed by atoms with E-state index < -0.39 is 0 Å². The van der Waals surface area contributed by atoms with Crippen LogP contribution in [0, 0.1) is 11.8 Å². The number of piperidine rings is 1. The zero-order valence-corrected chi connectivity index (χ0v) is 15.6. The predicted molar refractivity (Wildman–Crippen MR) is 97.1 cm³/mol. The summed E-state index contributed by atoms with van der Waals surface area (Å²) in [5.74, 6) is 0.669. The van der Waals surface area contributed by atoms with Crippen molar-refractivity contribution in [3.63, 3.8) is 0 Å². The minimum atomic E-state index is -0.0810. The van der Waals surface area contributed by atoms with E-state index in [2.05, 4.69) is 22.5 Å². The number of hydrogen-bond acceptors (Lipinski definition) is 5. The lowest BCUT2D eigenvalue weighted by atomic mass is 9.96. The smallest absolute Gasteiger partial charge is 0.228 e. The van der Waals surface area contributed by atoms with Crippen molar-refractivity contribution in [2.45, 2.75) is 40.0 Å². The van der Waals surface area contributed by atoms with Crippen molar-refractivity contribution in [1.82, 2.24) is 15.2 Å². The van der Waals surface area contributed by atoms with Gasteiger partial charge in [0.2, 0.25) is 11.8 Å². The fourth-order valence-electron chi connectivity index (χ4n) is 2.70. The SMILES string of the molecule is CCNCC1CCN(C(=O)Cc2csc(NC(=O)C(C)C)n2)CC1. The van der Waals surface area contributed by atoms with Crippen LogP contribution in [0.15, 0.2) is 5.38 Å². The zero-order valence-electron chi connectivity index (χ0n) is 14.8. The Labute approximate surface area is 148 Å². The largest absolute Gasteiger partial charge is 0.342 e. The maximum atomic E-state index is 12.4. The van der Waals surface area contributed by atoms with E-state index in [1.165, 1.54) is 11.3 Å². The second kappa shape index (κ2) is 9.13. The molecular formula is C17H28N4O2S. The van der Waals surface area contributed by atoms with Gasteiger partial charge < -0.3 is 15.5 Å². The van der Waals surface area contributed by atoms with Crippen molar-refractivity contribution < 1.29 is 9.59 Å². The molecule has 0 aromatic carbocycles. The fourth-order valence-corrected chi connectivity index (χ4v) is 3.41. The summed E-state index contributed by atoms with van der Waals surface area (Å²) in [4.78, 5) is 30.4. The summed E-state index contributed by atoms with van der Waals surface area (Å²) in [6.45, 7) is 9.50. The Morgan fingerprint density at radius 3 is 2.71 bits per heavy atom. The van der Waals surface area contributed by atoms with Crippen LogP contribution in [-0.4, -0.2) is 47.9 Å². The molecule has 0 spiro atoms. The molecule has 0 atom stereocenters. The van der Waals surface area contributed by atoms with Gasteiger partial charge in [0, 0.05) is 24.4 Å². The maximum Gasteiger partial charge on any atom is 0.228 e. The second-order valence-corrected chi connectivity index (χ2v) is 7.45. The van der Waals surface area contributed by atoms with Gasteiger partial charge in [-0.1, -0.05) is 20.8 Å².